The number of ether oxygens (including phenoxy) is 1. The van der Waals surface area contributed by atoms with Gasteiger partial charge in [-0.3, -0.25) is 4.79 Å². The molecule has 7 heteroatoms. The minimum Gasteiger partial charge on any atom is -0.478 e. The molecule has 0 fully saturated rings. The number of anilines is 1. The van der Waals surface area contributed by atoms with E-state index in [1.807, 2.05) is 0 Å². The van der Waals surface area contributed by atoms with Crippen LogP contribution < -0.4 is 5.32 Å². The number of nitrogens with one attached hydrogen (secondary N) is 1. The summed E-state index contributed by atoms with van der Waals surface area (Å²) in [5.41, 5.74) is 1.38. The van der Waals surface area contributed by atoms with Crippen LogP contribution >= 0.6 is 11.3 Å². The zero-order valence-corrected chi connectivity index (χ0v) is 14.6. The van der Waals surface area contributed by atoms with Gasteiger partial charge < -0.3 is 15.2 Å². The van der Waals surface area contributed by atoms with Gasteiger partial charge in [-0.2, -0.15) is 0 Å². The SMILES string of the molecule is CCOC(=O)c1c(NC(=O)C=CC(=O)O)sc2c1CCC(CC)C2. The number of aliphatic carboxylic acids is 1. The van der Waals surface area contributed by atoms with Crippen LogP contribution in [-0.2, 0) is 27.2 Å². The van der Waals surface area contributed by atoms with Crippen LogP contribution in [-0.4, -0.2) is 29.6 Å². The zero-order valence-electron chi connectivity index (χ0n) is 13.8. The quantitative estimate of drug-likeness (QED) is 0.607. The topological polar surface area (TPSA) is 92.7 Å². The maximum atomic E-state index is 12.3. The molecule has 0 radical (unpaired) electrons. The minimum absolute atomic E-state index is 0.257. The second-order valence-electron chi connectivity index (χ2n) is 5.61. The van der Waals surface area contributed by atoms with E-state index >= 15 is 0 Å². The molecule has 1 amide bonds. The van der Waals surface area contributed by atoms with E-state index in [1.165, 1.54) is 11.3 Å². The zero-order chi connectivity index (χ0) is 17.7. The third-order valence-electron chi connectivity index (χ3n) is 4.04. The van der Waals surface area contributed by atoms with Crippen molar-refractivity contribution >= 4 is 34.2 Å². The molecular weight excluding hydrogens is 330 g/mol. The highest BCUT2D eigenvalue weighted by molar-refractivity contribution is 7.17. The predicted molar refractivity (Wildman–Crippen MR) is 91.5 cm³/mol. The summed E-state index contributed by atoms with van der Waals surface area (Å²) >= 11 is 1.38. The van der Waals surface area contributed by atoms with Crippen molar-refractivity contribution in [1.82, 2.24) is 0 Å². The lowest BCUT2D eigenvalue weighted by atomic mass is 9.85. The molecule has 1 aliphatic rings. The predicted octanol–water partition coefficient (Wildman–Crippen LogP) is 3.02. The Hall–Kier alpha value is -2.15. The van der Waals surface area contributed by atoms with Crippen LogP contribution in [0.4, 0.5) is 5.00 Å². The smallest absolute Gasteiger partial charge is 0.341 e. The average Bonchev–Trinajstić information content (AvgIpc) is 2.89. The summed E-state index contributed by atoms with van der Waals surface area (Å²) in [7, 11) is 0. The standard InChI is InChI=1S/C17H21NO5S/c1-3-10-5-6-11-12(9-10)24-16(15(11)17(22)23-4-2)18-13(19)7-8-14(20)21/h7-8,10H,3-6,9H2,1-2H3,(H,18,19)(H,20,21). The lowest BCUT2D eigenvalue weighted by Gasteiger charge is -2.20. The van der Waals surface area contributed by atoms with Gasteiger partial charge in [0.1, 0.15) is 5.00 Å². The van der Waals surface area contributed by atoms with Crippen LogP contribution in [0, 0.1) is 5.92 Å². The molecule has 0 spiro atoms. The average molecular weight is 351 g/mol. The van der Waals surface area contributed by atoms with Crippen LogP contribution in [0.2, 0.25) is 0 Å². The molecule has 6 nitrogen and oxygen atoms in total. The first-order chi connectivity index (χ1) is 11.5. The fourth-order valence-electron chi connectivity index (χ4n) is 2.81. The lowest BCUT2D eigenvalue weighted by molar-refractivity contribution is -0.131. The van der Waals surface area contributed by atoms with Gasteiger partial charge in [-0.25, -0.2) is 9.59 Å². The Labute approximate surface area is 144 Å². The van der Waals surface area contributed by atoms with E-state index in [-0.39, 0.29) is 6.61 Å². The highest BCUT2D eigenvalue weighted by atomic mass is 32.1. The van der Waals surface area contributed by atoms with Crippen LogP contribution in [0.25, 0.3) is 0 Å². The summed E-state index contributed by atoms with van der Waals surface area (Å²) in [5.74, 6) is -1.63. The van der Waals surface area contributed by atoms with Gasteiger partial charge in [-0.1, -0.05) is 13.3 Å². The second kappa shape index (κ2) is 8.10. The molecule has 0 saturated carbocycles. The van der Waals surface area contributed by atoms with Crippen LogP contribution in [0.1, 0.15) is 47.5 Å². The normalized spacial score (nSPS) is 16.7. The molecule has 0 aliphatic heterocycles. The Morgan fingerprint density at radius 2 is 2.08 bits per heavy atom. The third-order valence-corrected chi connectivity index (χ3v) is 5.21. The van der Waals surface area contributed by atoms with E-state index in [0.717, 1.165) is 48.3 Å². The molecule has 1 aliphatic carbocycles. The first-order valence-corrected chi connectivity index (χ1v) is 8.81. The van der Waals surface area contributed by atoms with Crippen LogP contribution in [0.15, 0.2) is 12.2 Å². The van der Waals surface area contributed by atoms with Gasteiger partial charge in [-0.15, -0.1) is 11.3 Å². The van der Waals surface area contributed by atoms with Crippen LogP contribution in [0.3, 0.4) is 0 Å². The Morgan fingerprint density at radius 3 is 2.71 bits per heavy atom. The Bertz CT molecular complexity index is 677. The molecule has 1 atom stereocenters. The van der Waals surface area contributed by atoms with Crippen molar-refractivity contribution in [2.75, 3.05) is 11.9 Å². The van der Waals surface area contributed by atoms with Crippen molar-refractivity contribution in [2.45, 2.75) is 39.5 Å². The molecule has 0 aromatic carbocycles. The van der Waals surface area contributed by atoms with E-state index in [2.05, 4.69) is 12.2 Å². The Kier molecular flexibility index (Phi) is 6.14. The fraction of sp³-hybridized carbons (Fsp3) is 0.471. The molecule has 2 N–H and O–H groups in total. The number of esters is 1. The van der Waals surface area contributed by atoms with Crippen molar-refractivity contribution in [2.24, 2.45) is 5.92 Å². The van der Waals surface area contributed by atoms with Gasteiger partial charge >= 0.3 is 11.9 Å². The van der Waals surface area contributed by atoms with Crippen molar-refractivity contribution in [3.05, 3.63) is 28.2 Å². The van der Waals surface area contributed by atoms with E-state index in [1.54, 1.807) is 6.92 Å². The molecule has 130 valence electrons. The fourth-order valence-corrected chi connectivity index (χ4v) is 4.16. The number of carbonyl (C=O) groups excluding carboxylic acids is 2. The Morgan fingerprint density at radius 1 is 1.33 bits per heavy atom. The first-order valence-electron chi connectivity index (χ1n) is 7.99. The molecule has 1 heterocycles. The molecule has 1 unspecified atom stereocenters. The summed E-state index contributed by atoms with van der Waals surface area (Å²) in [6, 6.07) is 0. The van der Waals surface area contributed by atoms with E-state index in [9.17, 15) is 14.4 Å². The molecular formula is C17H21NO5S. The van der Waals surface area contributed by atoms with Gasteiger partial charge in [-0.05, 0) is 37.7 Å². The highest BCUT2D eigenvalue weighted by Gasteiger charge is 2.29. The minimum atomic E-state index is -1.20. The van der Waals surface area contributed by atoms with Gasteiger partial charge in [0.2, 0.25) is 5.91 Å². The second-order valence-corrected chi connectivity index (χ2v) is 6.71. The van der Waals surface area contributed by atoms with E-state index in [4.69, 9.17) is 9.84 Å². The van der Waals surface area contributed by atoms with Crippen LogP contribution in [0.5, 0.6) is 0 Å². The molecule has 0 bridgehead atoms. The highest BCUT2D eigenvalue weighted by Crippen LogP contribution is 2.40. The molecule has 1 aromatic heterocycles. The Balaban J connectivity index is 2.32. The number of thiophene rings is 1. The number of carboxylic acids is 1. The summed E-state index contributed by atoms with van der Waals surface area (Å²) in [6.45, 7) is 4.14. The van der Waals surface area contributed by atoms with E-state index < -0.39 is 17.8 Å². The maximum Gasteiger partial charge on any atom is 0.341 e. The van der Waals surface area contributed by atoms with Gasteiger partial charge in [0.25, 0.3) is 0 Å². The lowest BCUT2D eigenvalue weighted by Crippen LogP contribution is -2.16. The van der Waals surface area contributed by atoms with Gasteiger partial charge in [0.05, 0.1) is 12.2 Å². The summed E-state index contributed by atoms with van der Waals surface area (Å²) in [5, 5.41) is 11.7. The van der Waals surface area contributed by atoms with Gasteiger partial charge in [0.15, 0.2) is 0 Å². The molecule has 1 aromatic rings. The number of fused-ring (bicyclic) bond motifs is 1. The summed E-state index contributed by atoms with van der Waals surface area (Å²) in [6.07, 6.45) is 5.47. The van der Waals surface area contributed by atoms with E-state index in [0.29, 0.717) is 16.5 Å². The number of hydrogen-bond acceptors (Lipinski definition) is 5. The molecule has 24 heavy (non-hydrogen) atoms. The monoisotopic (exact) mass is 351 g/mol. The van der Waals surface area contributed by atoms with Crippen molar-refractivity contribution in [3.63, 3.8) is 0 Å². The first kappa shape index (κ1) is 18.2. The van der Waals surface area contributed by atoms with Crippen molar-refractivity contribution in [1.29, 1.82) is 0 Å². The largest absolute Gasteiger partial charge is 0.478 e. The summed E-state index contributed by atoms with van der Waals surface area (Å²) < 4.78 is 5.13. The van der Waals surface area contributed by atoms with Crippen molar-refractivity contribution < 1.29 is 24.2 Å². The third kappa shape index (κ3) is 4.23. The number of hydrogen-bond donors (Lipinski definition) is 2. The van der Waals surface area contributed by atoms with Crippen molar-refractivity contribution in [3.8, 4) is 0 Å². The molecule has 2 rings (SSSR count). The number of rotatable bonds is 6. The number of amides is 1. The summed E-state index contributed by atoms with van der Waals surface area (Å²) in [4.78, 5) is 35.8. The maximum absolute atomic E-state index is 12.3. The molecule has 0 saturated heterocycles. The number of carbonyl (C=O) groups is 3. The van der Waals surface area contributed by atoms with Gasteiger partial charge in [0, 0.05) is 17.0 Å². The number of carboxylic acid groups (broad SMARTS) is 1.